The third-order valence-electron chi connectivity index (χ3n) is 5.41. The van der Waals surface area contributed by atoms with Gasteiger partial charge in [-0.15, -0.1) is 0 Å². The molecule has 1 aromatic carbocycles. The number of piperidine rings is 1. The van der Waals surface area contributed by atoms with Crippen LogP contribution in [-0.4, -0.2) is 54.3 Å². The SMILES string of the molecule is C[C@@H]1CN(C2CCN(c3ccc4cccc(Cl)c4n3)CC2)C[C@H](C)O1. The fourth-order valence-electron chi connectivity index (χ4n) is 4.25. The van der Waals surface area contributed by atoms with E-state index in [0.717, 1.165) is 47.9 Å². The largest absolute Gasteiger partial charge is 0.373 e. The lowest BCUT2D eigenvalue weighted by atomic mass is 10.0. The Bertz CT molecular complexity index is 735. The number of para-hydroxylation sites is 1. The predicted molar refractivity (Wildman–Crippen MR) is 104 cm³/mol. The third kappa shape index (κ3) is 3.62. The fraction of sp³-hybridized carbons (Fsp3) is 0.550. The second kappa shape index (κ2) is 7.10. The highest BCUT2D eigenvalue weighted by molar-refractivity contribution is 6.35. The first kappa shape index (κ1) is 17.1. The molecule has 0 amide bonds. The van der Waals surface area contributed by atoms with Crippen LogP contribution in [0.5, 0.6) is 0 Å². The first-order chi connectivity index (χ1) is 12.1. The zero-order valence-corrected chi connectivity index (χ0v) is 15.7. The van der Waals surface area contributed by atoms with E-state index in [1.165, 1.54) is 12.8 Å². The molecule has 2 aliphatic heterocycles. The van der Waals surface area contributed by atoms with E-state index in [0.29, 0.717) is 18.2 Å². The molecule has 2 atom stereocenters. The second-order valence-corrected chi connectivity index (χ2v) is 7.82. The first-order valence-electron chi connectivity index (χ1n) is 9.30. The number of morpholine rings is 1. The van der Waals surface area contributed by atoms with E-state index in [4.69, 9.17) is 21.3 Å². The highest BCUT2D eigenvalue weighted by Crippen LogP contribution is 2.27. The van der Waals surface area contributed by atoms with Crippen LogP contribution in [0.1, 0.15) is 26.7 Å². The van der Waals surface area contributed by atoms with Crippen molar-refractivity contribution in [1.82, 2.24) is 9.88 Å². The van der Waals surface area contributed by atoms with Gasteiger partial charge in [-0.1, -0.05) is 23.7 Å². The molecule has 0 N–H and O–H groups in total. The fourth-order valence-corrected chi connectivity index (χ4v) is 4.48. The summed E-state index contributed by atoms with van der Waals surface area (Å²) in [6, 6.07) is 10.9. The molecule has 4 rings (SSSR count). The molecular formula is C20H26ClN3O. The minimum Gasteiger partial charge on any atom is -0.373 e. The van der Waals surface area contributed by atoms with Gasteiger partial charge in [0.1, 0.15) is 5.82 Å². The van der Waals surface area contributed by atoms with Gasteiger partial charge in [0.25, 0.3) is 0 Å². The van der Waals surface area contributed by atoms with Gasteiger partial charge < -0.3 is 9.64 Å². The molecule has 2 aliphatic rings. The van der Waals surface area contributed by atoms with Gasteiger partial charge in [0.15, 0.2) is 0 Å². The third-order valence-corrected chi connectivity index (χ3v) is 5.71. The Labute approximate surface area is 154 Å². The maximum absolute atomic E-state index is 6.32. The van der Waals surface area contributed by atoms with Crippen LogP contribution in [0, 0.1) is 0 Å². The normalized spacial score (nSPS) is 26.3. The van der Waals surface area contributed by atoms with Crippen LogP contribution in [0.3, 0.4) is 0 Å². The van der Waals surface area contributed by atoms with Crippen molar-refractivity contribution in [2.24, 2.45) is 0 Å². The number of halogens is 1. The maximum Gasteiger partial charge on any atom is 0.129 e. The summed E-state index contributed by atoms with van der Waals surface area (Å²) < 4.78 is 5.88. The Morgan fingerprint density at radius 3 is 2.48 bits per heavy atom. The standard InChI is InChI=1S/C20H26ClN3O/c1-14-12-24(13-15(2)25-14)17-8-10-23(11-9-17)19-7-6-16-4-3-5-18(21)20(16)22-19/h3-7,14-15,17H,8-13H2,1-2H3/t14-,15+. The van der Waals surface area contributed by atoms with Gasteiger partial charge in [0.2, 0.25) is 0 Å². The van der Waals surface area contributed by atoms with Crippen molar-refractivity contribution in [2.75, 3.05) is 31.1 Å². The van der Waals surface area contributed by atoms with E-state index in [2.05, 4.69) is 41.8 Å². The van der Waals surface area contributed by atoms with Gasteiger partial charge in [-0.25, -0.2) is 4.98 Å². The van der Waals surface area contributed by atoms with E-state index < -0.39 is 0 Å². The molecule has 0 radical (unpaired) electrons. The molecule has 0 bridgehead atoms. The maximum atomic E-state index is 6.32. The average Bonchev–Trinajstić information content (AvgIpc) is 2.61. The van der Waals surface area contributed by atoms with E-state index in [-0.39, 0.29) is 0 Å². The molecule has 2 saturated heterocycles. The summed E-state index contributed by atoms with van der Waals surface area (Å²) in [4.78, 5) is 9.84. The van der Waals surface area contributed by atoms with Crippen molar-refractivity contribution in [1.29, 1.82) is 0 Å². The molecule has 3 heterocycles. The lowest BCUT2D eigenvalue weighted by Gasteiger charge is -2.43. The monoisotopic (exact) mass is 359 g/mol. The van der Waals surface area contributed by atoms with Crippen molar-refractivity contribution in [3.05, 3.63) is 35.4 Å². The zero-order valence-electron chi connectivity index (χ0n) is 15.0. The van der Waals surface area contributed by atoms with Crippen LogP contribution in [0.2, 0.25) is 5.02 Å². The molecule has 2 aromatic rings. The molecule has 134 valence electrons. The van der Waals surface area contributed by atoms with Gasteiger partial charge in [-0.3, -0.25) is 4.90 Å². The van der Waals surface area contributed by atoms with Crippen LogP contribution in [0.25, 0.3) is 10.9 Å². The lowest BCUT2D eigenvalue weighted by molar-refractivity contribution is -0.0826. The average molecular weight is 360 g/mol. The molecule has 0 aliphatic carbocycles. The number of aromatic nitrogens is 1. The highest BCUT2D eigenvalue weighted by atomic mass is 35.5. The summed E-state index contributed by atoms with van der Waals surface area (Å²) in [5, 5.41) is 1.83. The van der Waals surface area contributed by atoms with Crippen molar-refractivity contribution in [3.8, 4) is 0 Å². The Balaban J connectivity index is 1.44. The summed E-state index contributed by atoms with van der Waals surface area (Å²) in [5.41, 5.74) is 0.902. The zero-order chi connectivity index (χ0) is 17.4. The van der Waals surface area contributed by atoms with Crippen molar-refractivity contribution in [2.45, 2.75) is 44.9 Å². The molecule has 4 nitrogen and oxygen atoms in total. The quantitative estimate of drug-likeness (QED) is 0.811. The number of fused-ring (bicyclic) bond motifs is 1. The predicted octanol–water partition coefficient (Wildman–Crippen LogP) is 3.97. The Hall–Kier alpha value is -1.36. The number of rotatable bonds is 2. The highest BCUT2D eigenvalue weighted by Gasteiger charge is 2.30. The number of ether oxygens (including phenoxy) is 1. The molecule has 1 aromatic heterocycles. The van der Waals surface area contributed by atoms with Gasteiger partial charge in [-0.05, 0) is 44.9 Å². The van der Waals surface area contributed by atoms with Crippen molar-refractivity contribution < 1.29 is 4.74 Å². The minimum atomic E-state index is 0.339. The topological polar surface area (TPSA) is 28.6 Å². The number of nitrogens with zero attached hydrogens (tertiary/aromatic N) is 3. The Morgan fingerprint density at radius 1 is 1.04 bits per heavy atom. The molecule has 5 heteroatoms. The minimum absolute atomic E-state index is 0.339. The second-order valence-electron chi connectivity index (χ2n) is 7.41. The number of benzene rings is 1. The first-order valence-corrected chi connectivity index (χ1v) is 9.67. The molecule has 0 saturated carbocycles. The molecule has 0 spiro atoms. The van der Waals surface area contributed by atoms with E-state index >= 15 is 0 Å². The van der Waals surface area contributed by atoms with Crippen LogP contribution in [0.15, 0.2) is 30.3 Å². The van der Waals surface area contributed by atoms with Gasteiger partial charge >= 0.3 is 0 Å². The van der Waals surface area contributed by atoms with Crippen LogP contribution in [-0.2, 0) is 4.74 Å². The lowest BCUT2D eigenvalue weighted by Crippen LogP contribution is -2.53. The number of hydrogen-bond acceptors (Lipinski definition) is 4. The number of anilines is 1. The van der Waals surface area contributed by atoms with E-state index in [9.17, 15) is 0 Å². The van der Waals surface area contributed by atoms with E-state index in [1.54, 1.807) is 0 Å². The molecule has 2 fully saturated rings. The van der Waals surface area contributed by atoms with Crippen LogP contribution < -0.4 is 4.90 Å². The molecule has 25 heavy (non-hydrogen) atoms. The van der Waals surface area contributed by atoms with E-state index in [1.807, 2.05) is 12.1 Å². The summed E-state index contributed by atoms with van der Waals surface area (Å²) in [5.74, 6) is 1.04. The van der Waals surface area contributed by atoms with Crippen LogP contribution in [0.4, 0.5) is 5.82 Å². The molecular weight excluding hydrogens is 334 g/mol. The summed E-state index contributed by atoms with van der Waals surface area (Å²) in [7, 11) is 0. The van der Waals surface area contributed by atoms with Gasteiger partial charge in [-0.2, -0.15) is 0 Å². The van der Waals surface area contributed by atoms with Gasteiger partial charge in [0, 0.05) is 37.6 Å². The summed E-state index contributed by atoms with van der Waals surface area (Å²) in [6.45, 7) is 8.57. The Morgan fingerprint density at radius 2 is 1.76 bits per heavy atom. The number of hydrogen-bond donors (Lipinski definition) is 0. The Kier molecular flexibility index (Phi) is 4.85. The van der Waals surface area contributed by atoms with Crippen LogP contribution >= 0.6 is 11.6 Å². The molecule has 0 unspecified atom stereocenters. The van der Waals surface area contributed by atoms with Crippen molar-refractivity contribution >= 4 is 28.3 Å². The van der Waals surface area contributed by atoms with Gasteiger partial charge in [0.05, 0.1) is 22.7 Å². The smallest absolute Gasteiger partial charge is 0.129 e. The summed E-state index contributed by atoms with van der Waals surface area (Å²) in [6.07, 6.45) is 3.04. The summed E-state index contributed by atoms with van der Waals surface area (Å²) >= 11 is 6.32. The van der Waals surface area contributed by atoms with Crippen molar-refractivity contribution in [3.63, 3.8) is 0 Å². The number of pyridine rings is 1.